The van der Waals surface area contributed by atoms with Gasteiger partial charge in [0.2, 0.25) is 0 Å². The summed E-state index contributed by atoms with van der Waals surface area (Å²) in [5, 5.41) is 0. The van der Waals surface area contributed by atoms with Crippen LogP contribution in [0.3, 0.4) is 0 Å². The van der Waals surface area contributed by atoms with E-state index in [0.29, 0.717) is 12.5 Å². The van der Waals surface area contributed by atoms with Crippen LogP contribution >= 0.6 is 0 Å². The minimum absolute atomic E-state index is 0.0858. The smallest absolute Gasteiger partial charge is 0.206 e. The van der Waals surface area contributed by atoms with Crippen LogP contribution in [0.2, 0.25) is 0 Å². The fourth-order valence-electron chi connectivity index (χ4n) is 1.33. The van der Waals surface area contributed by atoms with Crippen molar-refractivity contribution in [3.05, 3.63) is 35.1 Å². The lowest BCUT2D eigenvalue weighted by atomic mass is 9.98. The number of hydrogen-bond acceptors (Lipinski definition) is 0. The Hall–Kier alpha value is -0.990. The molecule has 0 aromatic heterocycles. The van der Waals surface area contributed by atoms with Gasteiger partial charge in [0.1, 0.15) is 5.82 Å². The van der Waals surface area contributed by atoms with E-state index >= 15 is 0 Å². The minimum atomic E-state index is -3.12. The first-order chi connectivity index (χ1) is 7.34. The summed E-state index contributed by atoms with van der Waals surface area (Å²) in [6.45, 7) is 8.25. The summed E-state index contributed by atoms with van der Waals surface area (Å²) in [5.74, 6) is -3.98. The molecule has 0 aliphatic carbocycles. The molecule has 0 heterocycles. The van der Waals surface area contributed by atoms with Gasteiger partial charge in [-0.05, 0) is 11.5 Å². The van der Waals surface area contributed by atoms with E-state index in [1.807, 2.05) is 13.8 Å². The molecule has 0 aliphatic heterocycles. The van der Waals surface area contributed by atoms with Crippen molar-refractivity contribution in [3.8, 4) is 0 Å². The second-order valence-electron chi connectivity index (χ2n) is 3.75. The zero-order valence-electron chi connectivity index (χ0n) is 10.4. The van der Waals surface area contributed by atoms with E-state index in [9.17, 15) is 13.2 Å². The van der Waals surface area contributed by atoms with Crippen LogP contribution in [0.5, 0.6) is 0 Å². The summed E-state index contributed by atoms with van der Waals surface area (Å²) < 4.78 is 39.4. The van der Waals surface area contributed by atoms with Crippen LogP contribution in [-0.2, 0) is 5.92 Å². The van der Waals surface area contributed by atoms with Crippen LogP contribution in [0.15, 0.2) is 18.2 Å². The first-order valence-electron chi connectivity index (χ1n) is 5.50. The molecule has 0 bridgehead atoms. The van der Waals surface area contributed by atoms with Gasteiger partial charge in [-0.15, -0.1) is 0 Å². The van der Waals surface area contributed by atoms with Crippen molar-refractivity contribution in [1.29, 1.82) is 0 Å². The van der Waals surface area contributed by atoms with Gasteiger partial charge in [-0.25, -0.2) is 13.2 Å². The van der Waals surface area contributed by atoms with Crippen molar-refractivity contribution in [3.63, 3.8) is 0 Å². The second kappa shape index (κ2) is 5.92. The molecule has 0 spiro atoms. The van der Waals surface area contributed by atoms with Crippen LogP contribution < -0.4 is 0 Å². The summed E-state index contributed by atoms with van der Waals surface area (Å²) in [7, 11) is 0. The molecule has 3 heteroatoms. The number of hydrogen-bond donors (Lipinski definition) is 0. The van der Waals surface area contributed by atoms with E-state index in [1.165, 1.54) is 12.1 Å². The fraction of sp³-hybridized carbons (Fsp3) is 0.538. The van der Waals surface area contributed by atoms with Gasteiger partial charge in [-0.2, -0.15) is 0 Å². The van der Waals surface area contributed by atoms with Gasteiger partial charge in [0.25, 0.3) is 5.92 Å². The lowest BCUT2D eigenvalue weighted by molar-refractivity contribution is 0.0136. The molecule has 0 atom stereocenters. The third kappa shape index (κ3) is 3.54. The molecule has 0 saturated heterocycles. The highest BCUT2D eigenvalue weighted by Gasteiger charge is 2.29. The Kier molecular flexibility index (Phi) is 5.56. The standard InChI is InChI=1S/C11H13F3.C2H6/c1-7(2)8-5-4-6-9(10(8)12)11(3,13)14;1-2/h4-7H,1-3H3;1-2H3. The van der Waals surface area contributed by atoms with Crippen molar-refractivity contribution in [1.82, 2.24) is 0 Å². The summed E-state index contributed by atoms with van der Waals surface area (Å²) in [5.41, 5.74) is -0.187. The van der Waals surface area contributed by atoms with Crippen LogP contribution in [-0.4, -0.2) is 0 Å². The van der Waals surface area contributed by atoms with Crippen LogP contribution in [0, 0.1) is 5.82 Å². The maximum atomic E-state index is 13.5. The molecule has 0 radical (unpaired) electrons. The van der Waals surface area contributed by atoms with Gasteiger partial charge >= 0.3 is 0 Å². The SMILES string of the molecule is CC.CC(C)c1cccc(C(C)(F)F)c1F. The third-order valence-electron chi connectivity index (χ3n) is 2.12. The Labute approximate surface area is 95.5 Å². The monoisotopic (exact) mass is 232 g/mol. The Balaban J connectivity index is 0.00000106. The maximum Gasteiger partial charge on any atom is 0.273 e. The molecule has 16 heavy (non-hydrogen) atoms. The van der Waals surface area contributed by atoms with Gasteiger partial charge in [0, 0.05) is 6.92 Å². The van der Waals surface area contributed by atoms with Crippen LogP contribution in [0.1, 0.15) is 51.7 Å². The predicted octanol–water partition coefficient (Wildman–Crippen LogP) is 5.09. The predicted molar refractivity (Wildman–Crippen MR) is 61.4 cm³/mol. The molecule has 0 saturated carbocycles. The molecule has 0 unspecified atom stereocenters. The number of halogens is 3. The summed E-state index contributed by atoms with van der Waals surface area (Å²) in [4.78, 5) is 0. The third-order valence-corrected chi connectivity index (χ3v) is 2.12. The topological polar surface area (TPSA) is 0 Å². The molecule has 92 valence electrons. The van der Waals surface area contributed by atoms with Crippen LogP contribution in [0.4, 0.5) is 13.2 Å². The molecule has 0 nitrogen and oxygen atoms in total. The minimum Gasteiger partial charge on any atom is -0.206 e. The molecule has 1 rings (SSSR count). The average Bonchev–Trinajstić information content (AvgIpc) is 2.19. The molecule has 1 aromatic rings. The van der Waals surface area contributed by atoms with Gasteiger partial charge in [0.05, 0.1) is 5.56 Å². The number of alkyl halides is 2. The van der Waals surface area contributed by atoms with E-state index in [1.54, 1.807) is 13.8 Å². The first-order valence-corrected chi connectivity index (χ1v) is 5.50. The average molecular weight is 232 g/mol. The highest BCUT2D eigenvalue weighted by Crippen LogP contribution is 2.32. The van der Waals surface area contributed by atoms with E-state index in [4.69, 9.17) is 0 Å². The summed E-state index contributed by atoms with van der Waals surface area (Å²) >= 11 is 0. The zero-order chi connectivity index (χ0) is 12.9. The van der Waals surface area contributed by atoms with E-state index in [0.717, 1.165) is 6.07 Å². The quantitative estimate of drug-likeness (QED) is 0.666. The first kappa shape index (κ1) is 15.0. The molecule has 1 aromatic carbocycles. The van der Waals surface area contributed by atoms with Crippen molar-refractivity contribution < 1.29 is 13.2 Å². The largest absolute Gasteiger partial charge is 0.273 e. The fourth-order valence-corrected chi connectivity index (χ4v) is 1.33. The second-order valence-corrected chi connectivity index (χ2v) is 3.75. The van der Waals surface area contributed by atoms with Gasteiger partial charge in [-0.3, -0.25) is 0 Å². The summed E-state index contributed by atoms with van der Waals surface area (Å²) in [6, 6.07) is 4.13. The van der Waals surface area contributed by atoms with Crippen molar-refractivity contribution in [2.45, 2.75) is 46.5 Å². The molecule has 0 amide bonds. The van der Waals surface area contributed by atoms with Crippen LogP contribution in [0.25, 0.3) is 0 Å². The van der Waals surface area contributed by atoms with E-state index in [2.05, 4.69) is 0 Å². The number of benzene rings is 1. The van der Waals surface area contributed by atoms with E-state index < -0.39 is 17.3 Å². The maximum absolute atomic E-state index is 13.5. The molecule has 0 aliphatic rings. The van der Waals surface area contributed by atoms with Crippen molar-refractivity contribution >= 4 is 0 Å². The lowest BCUT2D eigenvalue weighted by Gasteiger charge is -2.15. The zero-order valence-corrected chi connectivity index (χ0v) is 10.4. The van der Waals surface area contributed by atoms with Crippen molar-refractivity contribution in [2.75, 3.05) is 0 Å². The molecular formula is C13H19F3. The Morgan fingerprint density at radius 3 is 2.00 bits per heavy atom. The van der Waals surface area contributed by atoms with Crippen molar-refractivity contribution in [2.24, 2.45) is 0 Å². The van der Waals surface area contributed by atoms with Gasteiger partial charge in [0.15, 0.2) is 0 Å². The molecule has 0 fully saturated rings. The van der Waals surface area contributed by atoms with Gasteiger partial charge < -0.3 is 0 Å². The Bertz CT molecular complexity index is 324. The lowest BCUT2D eigenvalue weighted by Crippen LogP contribution is -2.11. The Morgan fingerprint density at radius 2 is 1.62 bits per heavy atom. The van der Waals surface area contributed by atoms with Gasteiger partial charge in [-0.1, -0.05) is 45.9 Å². The Morgan fingerprint density at radius 1 is 1.12 bits per heavy atom. The highest BCUT2D eigenvalue weighted by atomic mass is 19.3. The summed E-state index contributed by atoms with van der Waals surface area (Å²) in [6.07, 6.45) is 0. The highest BCUT2D eigenvalue weighted by molar-refractivity contribution is 5.30. The van der Waals surface area contributed by atoms with E-state index in [-0.39, 0.29) is 5.92 Å². The number of rotatable bonds is 2. The molecule has 0 N–H and O–H groups in total. The molecular weight excluding hydrogens is 213 g/mol. The normalized spacial score (nSPS) is 11.1.